The van der Waals surface area contributed by atoms with Crippen LogP contribution in [-0.4, -0.2) is 11.7 Å². The molecule has 4 heteroatoms. The van der Waals surface area contributed by atoms with Gasteiger partial charge in [0.05, 0.1) is 7.11 Å². The van der Waals surface area contributed by atoms with Gasteiger partial charge >= 0.3 is 0 Å². The van der Waals surface area contributed by atoms with E-state index in [9.17, 15) is 4.39 Å². The molecule has 0 unspecified atom stereocenters. The summed E-state index contributed by atoms with van der Waals surface area (Å²) in [4.78, 5) is 0. The molecule has 0 atom stereocenters. The maximum atomic E-state index is 13.8. The van der Waals surface area contributed by atoms with E-state index in [0.717, 1.165) is 22.0 Å². The van der Waals surface area contributed by atoms with Gasteiger partial charge in [0.15, 0.2) is 11.6 Å². The predicted octanol–water partition coefficient (Wildman–Crippen LogP) is 3.30. The Balaban J connectivity index is 2.00. The number of nitrogens with two attached hydrogens (primary N) is 1. The lowest BCUT2D eigenvalue weighted by atomic mass is 10.2. The third kappa shape index (κ3) is 2.50. The van der Waals surface area contributed by atoms with Crippen molar-refractivity contribution in [3.63, 3.8) is 0 Å². The third-order valence-electron chi connectivity index (χ3n) is 3.66. The van der Waals surface area contributed by atoms with Crippen LogP contribution in [-0.2, 0) is 13.1 Å². The van der Waals surface area contributed by atoms with Gasteiger partial charge in [-0.2, -0.15) is 0 Å². The lowest BCUT2D eigenvalue weighted by Gasteiger charge is -2.08. The second kappa shape index (κ2) is 5.58. The van der Waals surface area contributed by atoms with Gasteiger partial charge in [-0.05, 0) is 29.3 Å². The fraction of sp³-hybridized carbons (Fsp3) is 0.176. The van der Waals surface area contributed by atoms with Crippen molar-refractivity contribution in [1.82, 2.24) is 4.57 Å². The summed E-state index contributed by atoms with van der Waals surface area (Å²) >= 11 is 0. The molecule has 0 bridgehead atoms. The van der Waals surface area contributed by atoms with Gasteiger partial charge in [0.25, 0.3) is 0 Å². The molecule has 1 heterocycles. The number of hydrogen-bond donors (Lipinski definition) is 1. The monoisotopic (exact) mass is 284 g/mol. The summed E-state index contributed by atoms with van der Waals surface area (Å²) < 4.78 is 20.8. The fourth-order valence-electron chi connectivity index (χ4n) is 2.62. The molecule has 0 radical (unpaired) electrons. The van der Waals surface area contributed by atoms with Crippen LogP contribution in [0.5, 0.6) is 5.75 Å². The predicted molar refractivity (Wildman–Crippen MR) is 81.9 cm³/mol. The molecular formula is C17H17FN2O. The fourth-order valence-corrected chi connectivity index (χ4v) is 2.62. The van der Waals surface area contributed by atoms with E-state index in [2.05, 4.69) is 10.6 Å². The molecular weight excluding hydrogens is 267 g/mol. The van der Waals surface area contributed by atoms with Crippen molar-refractivity contribution in [2.24, 2.45) is 5.73 Å². The highest BCUT2D eigenvalue weighted by atomic mass is 19.1. The van der Waals surface area contributed by atoms with Crippen molar-refractivity contribution >= 4 is 10.9 Å². The molecule has 0 aliphatic carbocycles. The molecule has 0 spiro atoms. The van der Waals surface area contributed by atoms with Crippen molar-refractivity contribution in [2.45, 2.75) is 13.1 Å². The van der Waals surface area contributed by atoms with E-state index in [1.54, 1.807) is 6.07 Å². The topological polar surface area (TPSA) is 40.2 Å². The Morgan fingerprint density at radius 2 is 2.00 bits per heavy atom. The molecule has 0 aliphatic heterocycles. The number of rotatable bonds is 4. The van der Waals surface area contributed by atoms with Gasteiger partial charge in [0.2, 0.25) is 0 Å². The Kier molecular flexibility index (Phi) is 3.62. The van der Waals surface area contributed by atoms with E-state index < -0.39 is 0 Å². The Hall–Kier alpha value is -2.33. The van der Waals surface area contributed by atoms with Crippen molar-refractivity contribution < 1.29 is 9.13 Å². The number of methoxy groups -OCH3 is 1. The van der Waals surface area contributed by atoms with Crippen molar-refractivity contribution in [3.8, 4) is 5.75 Å². The molecule has 108 valence electrons. The molecule has 0 aliphatic rings. The average Bonchev–Trinajstić information content (AvgIpc) is 2.86. The number of aromatic nitrogens is 1. The van der Waals surface area contributed by atoms with Crippen molar-refractivity contribution in [2.75, 3.05) is 7.11 Å². The van der Waals surface area contributed by atoms with Crippen LogP contribution < -0.4 is 10.5 Å². The smallest absolute Gasteiger partial charge is 0.165 e. The average molecular weight is 284 g/mol. The number of ether oxygens (including phenoxy) is 1. The highest BCUT2D eigenvalue weighted by Gasteiger charge is 2.09. The number of para-hydroxylation sites is 1. The van der Waals surface area contributed by atoms with Gasteiger partial charge < -0.3 is 15.0 Å². The van der Waals surface area contributed by atoms with E-state index in [-0.39, 0.29) is 11.6 Å². The maximum absolute atomic E-state index is 13.8. The van der Waals surface area contributed by atoms with E-state index >= 15 is 0 Å². The lowest BCUT2D eigenvalue weighted by molar-refractivity contribution is 0.386. The Morgan fingerprint density at radius 3 is 2.71 bits per heavy atom. The van der Waals surface area contributed by atoms with Gasteiger partial charge in [-0.15, -0.1) is 0 Å². The Bertz CT molecular complexity index is 780. The number of benzene rings is 2. The summed E-state index contributed by atoms with van der Waals surface area (Å²) in [6.45, 7) is 1.09. The van der Waals surface area contributed by atoms with E-state index in [0.29, 0.717) is 13.1 Å². The van der Waals surface area contributed by atoms with Crippen LogP contribution in [0.3, 0.4) is 0 Å². The molecule has 0 saturated carbocycles. The zero-order chi connectivity index (χ0) is 14.8. The molecule has 2 aromatic carbocycles. The van der Waals surface area contributed by atoms with E-state index in [4.69, 9.17) is 10.5 Å². The first-order valence-electron chi connectivity index (χ1n) is 6.82. The second-order valence-corrected chi connectivity index (χ2v) is 4.97. The highest BCUT2D eigenvalue weighted by Crippen LogP contribution is 2.23. The molecule has 0 fully saturated rings. The summed E-state index contributed by atoms with van der Waals surface area (Å²) in [6.07, 6.45) is 2.03. The molecule has 3 nitrogen and oxygen atoms in total. The zero-order valence-electron chi connectivity index (χ0n) is 11.8. The largest absolute Gasteiger partial charge is 0.494 e. The normalized spacial score (nSPS) is 11.0. The number of fused-ring (bicyclic) bond motifs is 1. The highest BCUT2D eigenvalue weighted by molar-refractivity contribution is 5.84. The summed E-state index contributed by atoms with van der Waals surface area (Å²) in [5, 5.41) is 1.15. The van der Waals surface area contributed by atoms with Gasteiger partial charge in [-0.3, -0.25) is 0 Å². The van der Waals surface area contributed by atoms with Gasteiger partial charge in [-0.1, -0.05) is 24.3 Å². The van der Waals surface area contributed by atoms with Gasteiger partial charge in [0.1, 0.15) is 0 Å². The first kappa shape index (κ1) is 13.6. The summed E-state index contributed by atoms with van der Waals surface area (Å²) in [7, 11) is 1.46. The van der Waals surface area contributed by atoms with Crippen LogP contribution in [0, 0.1) is 5.82 Å². The number of nitrogens with zero attached hydrogens (tertiary/aromatic N) is 1. The minimum Gasteiger partial charge on any atom is -0.494 e. The molecule has 0 saturated heterocycles. The number of halogens is 1. The van der Waals surface area contributed by atoms with E-state index in [1.165, 1.54) is 13.2 Å². The summed E-state index contributed by atoms with van der Waals surface area (Å²) in [6, 6.07) is 13.1. The van der Waals surface area contributed by atoms with Crippen molar-refractivity contribution in [3.05, 3.63) is 65.6 Å². The molecule has 3 rings (SSSR count). The van der Waals surface area contributed by atoms with Gasteiger partial charge in [-0.25, -0.2) is 4.39 Å². The molecule has 2 N–H and O–H groups in total. The van der Waals surface area contributed by atoms with Crippen LogP contribution >= 0.6 is 0 Å². The van der Waals surface area contributed by atoms with Crippen LogP contribution in [0.4, 0.5) is 4.39 Å². The molecule has 0 amide bonds. The van der Waals surface area contributed by atoms with E-state index in [1.807, 2.05) is 30.5 Å². The second-order valence-electron chi connectivity index (χ2n) is 4.97. The van der Waals surface area contributed by atoms with Crippen LogP contribution in [0.15, 0.2) is 48.7 Å². The maximum Gasteiger partial charge on any atom is 0.165 e. The first-order chi connectivity index (χ1) is 10.2. The quantitative estimate of drug-likeness (QED) is 0.798. The SMILES string of the molecule is COc1ccc(Cn2cc(CN)c3ccccc32)cc1F. The summed E-state index contributed by atoms with van der Waals surface area (Å²) in [5.74, 6) is -0.0794. The number of hydrogen-bond acceptors (Lipinski definition) is 2. The Morgan fingerprint density at radius 1 is 1.19 bits per heavy atom. The van der Waals surface area contributed by atoms with Crippen LogP contribution in [0.1, 0.15) is 11.1 Å². The van der Waals surface area contributed by atoms with Crippen molar-refractivity contribution in [1.29, 1.82) is 0 Å². The van der Waals surface area contributed by atoms with Crippen LogP contribution in [0.25, 0.3) is 10.9 Å². The van der Waals surface area contributed by atoms with Gasteiger partial charge in [0, 0.05) is 30.2 Å². The molecule has 3 aromatic rings. The Labute approximate surface area is 122 Å². The zero-order valence-corrected chi connectivity index (χ0v) is 11.8. The summed E-state index contributed by atoms with van der Waals surface area (Å²) in [5.41, 5.74) is 8.88. The first-order valence-corrected chi connectivity index (χ1v) is 6.82. The molecule has 21 heavy (non-hydrogen) atoms. The lowest BCUT2D eigenvalue weighted by Crippen LogP contribution is -2.00. The van der Waals surface area contributed by atoms with Crippen LogP contribution in [0.2, 0.25) is 0 Å². The minimum atomic E-state index is -0.342. The standard InChI is InChI=1S/C17H17FN2O/c1-21-17-7-6-12(8-15(17)18)10-20-11-13(9-19)14-4-2-3-5-16(14)20/h2-8,11H,9-10,19H2,1H3. The molecule has 1 aromatic heterocycles. The third-order valence-corrected chi connectivity index (χ3v) is 3.66. The minimum absolute atomic E-state index is 0.263.